The average molecular weight is 1180 g/mol. The van der Waals surface area contributed by atoms with Crippen LogP contribution < -0.4 is 18.9 Å². The minimum absolute atomic E-state index is 0.0158. The Hall–Kier alpha value is -3.24. The zero-order valence-corrected chi connectivity index (χ0v) is 45.4. The molecule has 0 spiro atoms. The van der Waals surface area contributed by atoms with Crippen molar-refractivity contribution >= 4 is 78.9 Å². The van der Waals surface area contributed by atoms with E-state index in [4.69, 9.17) is 94.8 Å². The lowest BCUT2D eigenvalue weighted by Crippen LogP contribution is -2.17. The van der Waals surface area contributed by atoms with Crippen molar-refractivity contribution in [2.24, 2.45) is 0 Å². The topological polar surface area (TPSA) is 238 Å². The summed E-state index contributed by atoms with van der Waals surface area (Å²) in [5, 5.41) is 0. The van der Waals surface area contributed by atoms with Crippen molar-refractivity contribution in [1.29, 1.82) is 0 Å². The van der Waals surface area contributed by atoms with Gasteiger partial charge in [-0.05, 0) is 48.5 Å². The molecule has 4 aromatic rings. The van der Waals surface area contributed by atoms with Crippen LogP contribution in [0.2, 0.25) is 0 Å². The van der Waals surface area contributed by atoms with E-state index < -0.39 is 55.8 Å². The Morgan fingerprint density at radius 2 is 0.384 bits per heavy atom. The van der Waals surface area contributed by atoms with Crippen molar-refractivity contribution in [3.63, 3.8) is 0 Å². The van der Waals surface area contributed by atoms with Gasteiger partial charge in [0.1, 0.15) is 49.4 Å². The second-order valence-corrected chi connectivity index (χ2v) is 26.7. The largest absolute Gasteiger partial charge is 0.491 e. The van der Waals surface area contributed by atoms with Gasteiger partial charge in [-0.25, -0.2) is 33.7 Å². The molecule has 0 atom stereocenters. The second-order valence-electron chi connectivity index (χ2n) is 16.4. The van der Waals surface area contributed by atoms with E-state index in [2.05, 4.69) is 0 Å². The standard InChI is InChI=1S/C46H52Cl4O19S4/c47-70(51,52)39-23-31-19-32-24-40(71(48,53)54)26-34-21-36-28-42(73(50,57)58)30-38-22-37-29-41(72(49,55)56)27-35(45(37)68-17-13-64-9-5-61-6-10-65-14-18-69-46(36)38)20-33(25-39)43(31)66-15-11-62-7-3-59-1-2-60-4-8-63-12-16-67-44(32)34/h23-30H,1-22H2. The summed E-state index contributed by atoms with van der Waals surface area (Å²) in [7, 11) is 6.29. The highest BCUT2D eigenvalue weighted by atomic mass is 35.7. The Bertz CT molecular complexity index is 2850. The molecule has 4 aromatic carbocycles. The van der Waals surface area contributed by atoms with Crippen LogP contribution in [0.5, 0.6) is 23.0 Å². The molecule has 0 unspecified atom stereocenters. The van der Waals surface area contributed by atoms with E-state index in [0.717, 1.165) is 0 Å². The van der Waals surface area contributed by atoms with Crippen molar-refractivity contribution < 1.29 is 85.8 Å². The molecule has 0 fully saturated rings. The third-order valence-electron chi connectivity index (χ3n) is 11.3. The van der Waals surface area contributed by atoms with Crippen LogP contribution in [-0.2, 0) is 95.0 Å². The average Bonchev–Trinajstić information content (AvgIpc) is 3.30. The molecule has 0 amide bonds. The van der Waals surface area contributed by atoms with Crippen LogP contribution in [0, 0.1) is 0 Å². The molecule has 2 heterocycles. The molecule has 0 saturated carbocycles. The first-order chi connectivity index (χ1) is 34.8. The van der Waals surface area contributed by atoms with Gasteiger partial charge in [0.15, 0.2) is 0 Å². The highest BCUT2D eigenvalue weighted by Gasteiger charge is 2.29. The van der Waals surface area contributed by atoms with Crippen LogP contribution in [0.4, 0.5) is 0 Å². The maximum atomic E-state index is 13.4. The molecule has 19 nitrogen and oxygen atoms in total. The number of benzene rings is 4. The molecule has 0 N–H and O–H groups in total. The second kappa shape index (κ2) is 26.2. The number of halogens is 4. The van der Waals surface area contributed by atoms with E-state index >= 15 is 0 Å². The maximum absolute atomic E-state index is 13.4. The van der Waals surface area contributed by atoms with Crippen LogP contribution in [-0.4, -0.2) is 153 Å². The van der Waals surface area contributed by atoms with Crippen molar-refractivity contribution in [3.8, 4) is 23.0 Å². The summed E-state index contributed by atoms with van der Waals surface area (Å²) in [5.74, 6) is 0.365. The van der Waals surface area contributed by atoms with E-state index in [1.165, 1.54) is 48.5 Å². The van der Waals surface area contributed by atoms with E-state index in [-0.39, 0.29) is 212 Å². The maximum Gasteiger partial charge on any atom is 0.261 e. The minimum atomic E-state index is -4.55. The van der Waals surface area contributed by atoms with Gasteiger partial charge in [-0.1, -0.05) is 0 Å². The third kappa shape index (κ3) is 16.6. The van der Waals surface area contributed by atoms with Crippen LogP contribution in [0.25, 0.3) is 0 Å². The van der Waals surface area contributed by atoms with Gasteiger partial charge in [0.2, 0.25) is 0 Å². The molecule has 27 heteroatoms. The molecule has 3 aliphatic rings. The summed E-state index contributed by atoms with van der Waals surface area (Å²) in [5.41, 5.74) is 1.19. The molecular weight excluding hydrogens is 1130 g/mol. The zero-order valence-electron chi connectivity index (χ0n) is 39.1. The summed E-state index contributed by atoms with van der Waals surface area (Å²) in [4.78, 5) is -1.57. The van der Waals surface area contributed by atoms with Gasteiger partial charge in [0.05, 0.1) is 112 Å². The van der Waals surface area contributed by atoms with Crippen molar-refractivity contribution in [2.45, 2.75) is 45.3 Å². The lowest BCUT2D eigenvalue weighted by molar-refractivity contribution is -0.00701. The lowest BCUT2D eigenvalue weighted by Gasteiger charge is -2.24. The molecular formula is C46H52Cl4O19S4. The number of rotatable bonds is 4. The van der Waals surface area contributed by atoms with Gasteiger partial charge >= 0.3 is 0 Å². The molecule has 0 radical (unpaired) electrons. The molecule has 1 aliphatic carbocycles. The first-order valence-corrected chi connectivity index (χ1v) is 32.0. The van der Waals surface area contributed by atoms with E-state index in [9.17, 15) is 33.7 Å². The van der Waals surface area contributed by atoms with Crippen molar-refractivity contribution in [1.82, 2.24) is 0 Å². The normalized spacial score (nSPS) is 18.2. The molecule has 12 bridgehead atoms. The van der Waals surface area contributed by atoms with Crippen LogP contribution in [0.3, 0.4) is 0 Å². The highest BCUT2D eigenvalue weighted by Crippen LogP contribution is 2.43. The fourth-order valence-electron chi connectivity index (χ4n) is 8.18. The van der Waals surface area contributed by atoms with E-state index in [1.807, 2.05) is 0 Å². The Labute approximate surface area is 442 Å². The summed E-state index contributed by atoms with van der Waals surface area (Å²) in [6.07, 6.45) is -1.26. The Morgan fingerprint density at radius 3 is 0.521 bits per heavy atom. The Balaban J connectivity index is 1.57. The van der Waals surface area contributed by atoms with Gasteiger partial charge in [-0.15, -0.1) is 0 Å². The fourth-order valence-corrected chi connectivity index (χ4v) is 11.5. The summed E-state index contributed by atoms with van der Waals surface area (Å²) in [6, 6.07) is 10.1. The van der Waals surface area contributed by atoms with Crippen LogP contribution in [0.15, 0.2) is 68.1 Å². The van der Waals surface area contributed by atoms with Crippen molar-refractivity contribution in [2.75, 3.05) is 119 Å². The Kier molecular flexibility index (Phi) is 20.6. The first kappa shape index (κ1) is 57.5. The van der Waals surface area contributed by atoms with Crippen LogP contribution in [0.1, 0.15) is 44.5 Å². The summed E-state index contributed by atoms with van der Waals surface area (Å²) >= 11 is 0. The monoisotopic (exact) mass is 1180 g/mol. The predicted molar refractivity (Wildman–Crippen MR) is 267 cm³/mol. The molecule has 73 heavy (non-hydrogen) atoms. The van der Waals surface area contributed by atoms with Gasteiger partial charge in [-0.2, -0.15) is 0 Å². The van der Waals surface area contributed by atoms with Gasteiger partial charge in [0, 0.05) is 113 Å². The molecule has 402 valence electrons. The smallest absolute Gasteiger partial charge is 0.261 e. The number of ether oxygens (including phenoxy) is 11. The minimum Gasteiger partial charge on any atom is -0.491 e. The van der Waals surface area contributed by atoms with Gasteiger partial charge < -0.3 is 52.1 Å². The van der Waals surface area contributed by atoms with E-state index in [0.29, 0.717) is 0 Å². The molecule has 0 aromatic heterocycles. The lowest BCUT2D eigenvalue weighted by atomic mass is 9.91. The fraction of sp³-hybridized carbons (Fsp3) is 0.478. The SMILES string of the molecule is O=S(=O)(Cl)c1cc2c3c(c1)Cc1cc(S(=O)(=O)Cl)cc4c1OCCOCCOCCOCCOc1c(cc(S(=O)(=O)Cl)cc1C4)Cc1cc(S(=O)(=O)Cl)cc(c1OCCOCCOCCOCCOCCO3)C2. The van der Waals surface area contributed by atoms with E-state index in [1.54, 1.807) is 0 Å². The number of hydrogen-bond acceptors (Lipinski definition) is 19. The molecule has 7 rings (SSSR count). The summed E-state index contributed by atoms with van der Waals surface area (Å²) in [6.45, 7) is 1.90. The zero-order chi connectivity index (χ0) is 52.2. The quantitative estimate of drug-likeness (QED) is 0.195. The first-order valence-electron chi connectivity index (χ1n) is 22.7. The molecule has 0 saturated heterocycles. The van der Waals surface area contributed by atoms with Gasteiger partial charge in [-0.3, -0.25) is 0 Å². The van der Waals surface area contributed by atoms with Crippen LogP contribution >= 0.6 is 42.7 Å². The predicted octanol–water partition coefficient (Wildman–Crippen LogP) is 5.73. The molecule has 2 aliphatic heterocycles. The van der Waals surface area contributed by atoms with Gasteiger partial charge in [0.25, 0.3) is 36.2 Å². The summed E-state index contributed by atoms with van der Waals surface area (Å²) < 4.78 is 173. The highest BCUT2D eigenvalue weighted by molar-refractivity contribution is 8.14. The third-order valence-corrected chi connectivity index (χ3v) is 16.6. The Morgan fingerprint density at radius 1 is 0.247 bits per heavy atom. The van der Waals surface area contributed by atoms with Crippen molar-refractivity contribution in [3.05, 3.63) is 93.0 Å². The number of hydrogen-bond donors (Lipinski definition) is 0.